The molecule has 1 atom stereocenters. The van der Waals surface area contributed by atoms with E-state index in [1.807, 2.05) is 29.5 Å². The van der Waals surface area contributed by atoms with Crippen molar-refractivity contribution < 1.29 is 9.53 Å². The molecule has 1 unspecified atom stereocenters. The molecule has 1 aliphatic heterocycles. The molecule has 22 heavy (non-hydrogen) atoms. The molecule has 0 spiro atoms. The van der Waals surface area contributed by atoms with Crippen molar-refractivity contribution in [3.05, 3.63) is 16.6 Å². The first kappa shape index (κ1) is 15.5. The van der Waals surface area contributed by atoms with Gasteiger partial charge in [0.1, 0.15) is 4.83 Å². The van der Waals surface area contributed by atoms with E-state index in [1.165, 1.54) is 0 Å². The number of amides is 1. The first-order chi connectivity index (χ1) is 10.5. The zero-order valence-electron chi connectivity index (χ0n) is 13.6. The van der Waals surface area contributed by atoms with Crippen molar-refractivity contribution in [3.63, 3.8) is 0 Å². The highest BCUT2D eigenvalue weighted by Gasteiger charge is 2.25. The van der Waals surface area contributed by atoms with Gasteiger partial charge in [-0.1, -0.05) is 13.8 Å². The number of aromatic nitrogens is 2. The number of thiophene rings is 1. The Hall–Kier alpha value is -1.40. The number of rotatable bonds is 3. The van der Waals surface area contributed by atoms with Crippen molar-refractivity contribution in [2.45, 2.75) is 40.3 Å². The van der Waals surface area contributed by atoms with E-state index in [-0.39, 0.29) is 12.0 Å². The number of carbonyl (C=O) groups is 1. The fourth-order valence-electron chi connectivity index (χ4n) is 2.85. The fourth-order valence-corrected chi connectivity index (χ4v) is 3.99. The highest BCUT2D eigenvalue weighted by Crippen LogP contribution is 2.30. The summed E-state index contributed by atoms with van der Waals surface area (Å²) in [5, 5.41) is 5.70. The lowest BCUT2D eigenvalue weighted by Gasteiger charge is -2.30. The van der Waals surface area contributed by atoms with Gasteiger partial charge in [-0.15, -0.1) is 11.3 Å². The highest BCUT2D eigenvalue weighted by atomic mass is 32.1. The summed E-state index contributed by atoms with van der Waals surface area (Å²) in [6, 6.07) is 2.00. The molecule has 1 fully saturated rings. The van der Waals surface area contributed by atoms with Crippen molar-refractivity contribution in [2.24, 2.45) is 5.92 Å². The van der Waals surface area contributed by atoms with Gasteiger partial charge in [-0.3, -0.25) is 9.48 Å². The second-order valence-electron chi connectivity index (χ2n) is 6.42. The molecule has 5 nitrogen and oxygen atoms in total. The van der Waals surface area contributed by atoms with Gasteiger partial charge in [0.2, 0.25) is 0 Å². The van der Waals surface area contributed by atoms with Gasteiger partial charge in [-0.2, -0.15) is 5.10 Å². The monoisotopic (exact) mass is 321 g/mol. The lowest BCUT2D eigenvalue weighted by molar-refractivity contribution is -0.0122. The Labute approximate surface area is 134 Å². The number of fused-ring (bicyclic) bond motifs is 1. The SMILES string of the molecule is Cc1nn(CC(C)C)c2sc(C(=O)N3CCOC(C)C3)cc12. The van der Waals surface area contributed by atoms with Crippen LogP contribution >= 0.6 is 11.3 Å². The number of carbonyl (C=O) groups excluding carboxylic acids is 1. The number of aryl methyl sites for hydroxylation is 1. The van der Waals surface area contributed by atoms with E-state index >= 15 is 0 Å². The lowest BCUT2D eigenvalue weighted by Crippen LogP contribution is -2.44. The Morgan fingerprint density at radius 3 is 3.00 bits per heavy atom. The maximum Gasteiger partial charge on any atom is 0.264 e. The first-order valence-corrected chi connectivity index (χ1v) is 8.65. The molecule has 0 N–H and O–H groups in total. The molecular formula is C16H23N3O2S. The standard InChI is InChI=1S/C16H23N3O2S/c1-10(2)8-19-16-13(12(4)17-19)7-14(22-16)15(20)18-5-6-21-11(3)9-18/h7,10-11H,5-6,8-9H2,1-4H3. The zero-order chi connectivity index (χ0) is 15.9. The Bertz CT molecular complexity index is 689. The number of ether oxygens (including phenoxy) is 1. The van der Waals surface area contributed by atoms with Crippen molar-refractivity contribution in [1.82, 2.24) is 14.7 Å². The van der Waals surface area contributed by atoms with E-state index in [9.17, 15) is 4.79 Å². The van der Waals surface area contributed by atoms with Crippen LogP contribution in [0.25, 0.3) is 10.2 Å². The Morgan fingerprint density at radius 2 is 2.32 bits per heavy atom. The number of nitrogens with zero attached hydrogens (tertiary/aromatic N) is 3. The van der Waals surface area contributed by atoms with E-state index in [1.54, 1.807) is 11.3 Å². The second kappa shape index (κ2) is 6.01. The molecule has 1 amide bonds. The lowest BCUT2D eigenvalue weighted by atomic mass is 10.2. The molecule has 6 heteroatoms. The molecule has 1 saturated heterocycles. The average molecular weight is 321 g/mol. The van der Waals surface area contributed by atoms with Crippen molar-refractivity contribution in [2.75, 3.05) is 19.7 Å². The third kappa shape index (κ3) is 2.90. The summed E-state index contributed by atoms with van der Waals surface area (Å²) in [6.45, 7) is 11.2. The minimum atomic E-state index is 0.116. The smallest absolute Gasteiger partial charge is 0.264 e. The summed E-state index contributed by atoms with van der Waals surface area (Å²) in [4.78, 5) is 16.5. The van der Waals surface area contributed by atoms with Gasteiger partial charge in [0, 0.05) is 25.0 Å². The number of morpholine rings is 1. The summed E-state index contributed by atoms with van der Waals surface area (Å²) in [5.41, 5.74) is 1.00. The van der Waals surface area contributed by atoms with Gasteiger partial charge in [-0.25, -0.2) is 0 Å². The fraction of sp³-hybridized carbons (Fsp3) is 0.625. The van der Waals surface area contributed by atoms with Crippen LogP contribution in [-0.2, 0) is 11.3 Å². The Balaban J connectivity index is 1.89. The normalized spacial score (nSPS) is 19.3. The van der Waals surface area contributed by atoms with E-state index in [2.05, 4.69) is 18.9 Å². The van der Waals surface area contributed by atoms with Crippen LogP contribution in [0.1, 0.15) is 36.1 Å². The van der Waals surface area contributed by atoms with Crippen molar-refractivity contribution >= 4 is 27.5 Å². The molecular weight excluding hydrogens is 298 g/mol. The summed E-state index contributed by atoms with van der Waals surface area (Å²) in [7, 11) is 0. The van der Waals surface area contributed by atoms with Crippen LogP contribution in [0.15, 0.2) is 6.07 Å². The molecule has 3 rings (SSSR count). The van der Waals surface area contributed by atoms with Gasteiger partial charge >= 0.3 is 0 Å². The van der Waals surface area contributed by atoms with Crippen LogP contribution in [0, 0.1) is 12.8 Å². The van der Waals surface area contributed by atoms with Crippen LogP contribution in [0.2, 0.25) is 0 Å². The van der Waals surface area contributed by atoms with E-state index in [0.717, 1.165) is 27.3 Å². The quantitative estimate of drug-likeness (QED) is 0.873. The Morgan fingerprint density at radius 1 is 1.55 bits per heavy atom. The summed E-state index contributed by atoms with van der Waals surface area (Å²) < 4.78 is 7.56. The van der Waals surface area contributed by atoms with Gasteiger partial charge in [0.15, 0.2) is 0 Å². The largest absolute Gasteiger partial charge is 0.375 e. The van der Waals surface area contributed by atoms with Gasteiger partial charge in [-0.05, 0) is 25.8 Å². The number of hydrogen-bond acceptors (Lipinski definition) is 4. The summed E-state index contributed by atoms with van der Waals surface area (Å²) in [5.74, 6) is 0.649. The van der Waals surface area contributed by atoms with Crippen LogP contribution in [0.4, 0.5) is 0 Å². The van der Waals surface area contributed by atoms with Crippen molar-refractivity contribution in [1.29, 1.82) is 0 Å². The first-order valence-electron chi connectivity index (χ1n) is 7.83. The van der Waals surface area contributed by atoms with Crippen LogP contribution < -0.4 is 0 Å². The molecule has 1 aliphatic rings. The summed E-state index contributed by atoms with van der Waals surface area (Å²) in [6.07, 6.45) is 0.116. The van der Waals surface area contributed by atoms with Crippen molar-refractivity contribution in [3.8, 4) is 0 Å². The van der Waals surface area contributed by atoms with E-state index in [4.69, 9.17) is 4.74 Å². The molecule has 120 valence electrons. The molecule has 0 saturated carbocycles. The third-order valence-electron chi connectivity index (χ3n) is 3.88. The molecule has 3 heterocycles. The molecule has 2 aromatic heterocycles. The molecule has 2 aromatic rings. The highest BCUT2D eigenvalue weighted by molar-refractivity contribution is 7.20. The van der Waals surface area contributed by atoms with Crippen LogP contribution in [0.5, 0.6) is 0 Å². The topological polar surface area (TPSA) is 47.4 Å². The number of hydrogen-bond donors (Lipinski definition) is 0. The molecule has 0 aliphatic carbocycles. The second-order valence-corrected chi connectivity index (χ2v) is 7.45. The minimum Gasteiger partial charge on any atom is -0.375 e. The summed E-state index contributed by atoms with van der Waals surface area (Å²) >= 11 is 1.56. The zero-order valence-corrected chi connectivity index (χ0v) is 14.4. The van der Waals surface area contributed by atoms with Gasteiger partial charge < -0.3 is 9.64 Å². The average Bonchev–Trinajstić information content (AvgIpc) is 3.00. The van der Waals surface area contributed by atoms with Crippen LogP contribution in [-0.4, -0.2) is 46.4 Å². The van der Waals surface area contributed by atoms with Gasteiger partial charge in [0.05, 0.1) is 23.3 Å². The van der Waals surface area contributed by atoms with E-state index < -0.39 is 0 Å². The maximum atomic E-state index is 12.7. The molecule has 0 aromatic carbocycles. The van der Waals surface area contributed by atoms with Crippen LogP contribution in [0.3, 0.4) is 0 Å². The minimum absolute atomic E-state index is 0.116. The molecule has 0 bridgehead atoms. The predicted octanol–water partition coefficient (Wildman–Crippen LogP) is 2.92. The predicted molar refractivity (Wildman–Crippen MR) is 88.5 cm³/mol. The Kier molecular flexibility index (Phi) is 4.23. The maximum absolute atomic E-state index is 12.7. The van der Waals surface area contributed by atoms with Gasteiger partial charge in [0.25, 0.3) is 5.91 Å². The third-order valence-corrected chi connectivity index (χ3v) is 5.02. The van der Waals surface area contributed by atoms with E-state index in [0.29, 0.717) is 25.6 Å². The molecule has 0 radical (unpaired) electrons.